The molecule has 0 spiro atoms. The zero-order chi connectivity index (χ0) is 24.9. The molecule has 180 valence electrons. The van der Waals surface area contributed by atoms with Gasteiger partial charge in [0, 0.05) is 16.0 Å². The van der Waals surface area contributed by atoms with Crippen molar-refractivity contribution in [1.29, 1.82) is 0 Å². The van der Waals surface area contributed by atoms with Gasteiger partial charge in [-0.15, -0.1) is 0 Å². The SMILES string of the molecule is CCOc1ccc(N2C(=O)C(Nc3ccc(OC)cc3OC)=C(Sc3ccc(Cl)cc3)C2=O)cc1. The van der Waals surface area contributed by atoms with Gasteiger partial charge in [0.2, 0.25) is 0 Å². The maximum atomic E-state index is 13.6. The van der Waals surface area contributed by atoms with Gasteiger partial charge in [0.1, 0.15) is 27.9 Å². The highest BCUT2D eigenvalue weighted by molar-refractivity contribution is 8.04. The van der Waals surface area contributed by atoms with E-state index in [1.807, 2.05) is 6.92 Å². The van der Waals surface area contributed by atoms with E-state index in [0.717, 1.165) is 9.80 Å². The predicted molar refractivity (Wildman–Crippen MR) is 138 cm³/mol. The summed E-state index contributed by atoms with van der Waals surface area (Å²) in [5.74, 6) is 0.803. The summed E-state index contributed by atoms with van der Waals surface area (Å²) in [6.45, 7) is 2.40. The van der Waals surface area contributed by atoms with Gasteiger partial charge in [0.05, 0.1) is 32.2 Å². The van der Waals surface area contributed by atoms with E-state index in [-0.39, 0.29) is 10.6 Å². The molecule has 4 rings (SSSR count). The smallest absolute Gasteiger partial charge is 0.283 e. The van der Waals surface area contributed by atoms with Crippen molar-refractivity contribution in [1.82, 2.24) is 0 Å². The third-order valence-corrected chi connectivity index (χ3v) is 6.49. The topological polar surface area (TPSA) is 77.1 Å². The van der Waals surface area contributed by atoms with Crippen LogP contribution in [0, 0.1) is 0 Å². The number of benzene rings is 3. The normalized spacial score (nSPS) is 13.3. The molecule has 0 fully saturated rings. The average molecular weight is 511 g/mol. The number of methoxy groups -OCH3 is 2. The summed E-state index contributed by atoms with van der Waals surface area (Å²) in [4.78, 5) is 29.3. The lowest BCUT2D eigenvalue weighted by Gasteiger charge is -2.16. The first-order valence-electron chi connectivity index (χ1n) is 10.7. The standard InChI is InChI=1S/C26H23ClN2O5S/c1-4-34-18-9-7-17(8-10-18)29-25(30)23(28-21-14-11-19(32-2)15-22(21)33-3)24(26(29)31)35-20-12-5-16(27)6-13-20/h5-15,28H,4H2,1-3H3. The van der Waals surface area contributed by atoms with Crippen LogP contribution in [0.4, 0.5) is 11.4 Å². The number of hydrogen-bond donors (Lipinski definition) is 1. The number of nitrogens with one attached hydrogen (secondary N) is 1. The highest BCUT2D eigenvalue weighted by Crippen LogP contribution is 2.40. The summed E-state index contributed by atoms with van der Waals surface area (Å²) in [6.07, 6.45) is 0. The molecular formula is C26H23ClN2O5S. The van der Waals surface area contributed by atoms with Gasteiger partial charge in [-0.25, -0.2) is 4.90 Å². The number of carbonyl (C=O) groups excluding carboxylic acids is 2. The third-order valence-electron chi connectivity index (χ3n) is 5.15. The summed E-state index contributed by atoms with van der Waals surface area (Å²) < 4.78 is 16.2. The summed E-state index contributed by atoms with van der Waals surface area (Å²) >= 11 is 7.20. The second kappa shape index (κ2) is 10.8. The van der Waals surface area contributed by atoms with Crippen LogP contribution >= 0.6 is 23.4 Å². The number of rotatable bonds is 9. The Morgan fingerprint density at radius 2 is 1.57 bits per heavy atom. The Hall–Kier alpha value is -3.62. The molecule has 0 aliphatic carbocycles. The van der Waals surface area contributed by atoms with Crippen molar-refractivity contribution in [2.75, 3.05) is 31.0 Å². The van der Waals surface area contributed by atoms with Crippen LogP contribution in [-0.2, 0) is 9.59 Å². The molecule has 35 heavy (non-hydrogen) atoms. The first-order valence-corrected chi connectivity index (χ1v) is 11.9. The number of carbonyl (C=O) groups is 2. The number of thioether (sulfide) groups is 1. The summed E-state index contributed by atoms with van der Waals surface area (Å²) in [7, 11) is 3.07. The largest absolute Gasteiger partial charge is 0.497 e. The van der Waals surface area contributed by atoms with Crippen LogP contribution in [0.1, 0.15) is 6.92 Å². The fraction of sp³-hybridized carbons (Fsp3) is 0.154. The zero-order valence-electron chi connectivity index (χ0n) is 19.3. The molecule has 0 bridgehead atoms. The Labute approximate surface area is 212 Å². The van der Waals surface area contributed by atoms with Crippen molar-refractivity contribution in [3.05, 3.63) is 82.4 Å². The molecule has 0 saturated carbocycles. The first kappa shape index (κ1) is 24.5. The molecule has 3 aromatic rings. The molecule has 1 aliphatic rings. The molecule has 9 heteroatoms. The number of halogens is 1. The van der Waals surface area contributed by atoms with Crippen molar-refractivity contribution in [2.24, 2.45) is 0 Å². The highest BCUT2D eigenvalue weighted by Gasteiger charge is 2.40. The third kappa shape index (κ3) is 5.23. The molecule has 1 heterocycles. The van der Waals surface area contributed by atoms with Crippen LogP contribution in [0.5, 0.6) is 17.2 Å². The average Bonchev–Trinajstić information content (AvgIpc) is 3.10. The van der Waals surface area contributed by atoms with Gasteiger partial charge in [-0.2, -0.15) is 0 Å². The fourth-order valence-electron chi connectivity index (χ4n) is 3.46. The molecule has 1 aliphatic heterocycles. The molecule has 0 atom stereocenters. The molecule has 0 aromatic heterocycles. The number of anilines is 2. The monoisotopic (exact) mass is 510 g/mol. The summed E-state index contributed by atoms with van der Waals surface area (Å²) in [5, 5.41) is 3.70. The molecule has 2 amide bonds. The van der Waals surface area contributed by atoms with E-state index in [1.54, 1.807) is 73.8 Å². The minimum Gasteiger partial charge on any atom is -0.497 e. The van der Waals surface area contributed by atoms with Crippen molar-refractivity contribution in [3.63, 3.8) is 0 Å². The van der Waals surface area contributed by atoms with Crippen LogP contribution < -0.4 is 24.4 Å². The maximum absolute atomic E-state index is 13.6. The summed E-state index contributed by atoms with van der Waals surface area (Å²) in [6, 6.07) is 19.0. The van der Waals surface area contributed by atoms with E-state index in [0.29, 0.717) is 40.3 Å². The van der Waals surface area contributed by atoms with Crippen LogP contribution in [0.2, 0.25) is 5.02 Å². The van der Waals surface area contributed by atoms with Crippen LogP contribution in [0.25, 0.3) is 0 Å². The van der Waals surface area contributed by atoms with Crippen LogP contribution in [0.15, 0.2) is 82.2 Å². The van der Waals surface area contributed by atoms with Crippen molar-refractivity contribution in [3.8, 4) is 17.2 Å². The molecule has 7 nitrogen and oxygen atoms in total. The molecule has 1 N–H and O–H groups in total. The number of amides is 2. The predicted octanol–water partition coefficient (Wildman–Crippen LogP) is 5.75. The number of imide groups is 1. The molecule has 3 aromatic carbocycles. The van der Waals surface area contributed by atoms with Gasteiger partial charge in [-0.1, -0.05) is 23.4 Å². The van der Waals surface area contributed by atoms with Gasteiger partial charge in [-0.3, -0.25) is 9.59 Å². The quantitative estimate of drug-likeness (QED) is 0.367. The zero-order valence-corrected chi connectivity index (χ0v) is 20.9. The molecule has 0 saturated heterocycles. The van der Waals surface area contributed by atoms with Gasteiger partial charge in [0.25, 0.3) is 11.8 Å². The van der Waals surface area contributed by atoms with E-state index in [2.05, 4.69) is 5.32 Å². The molecular weight excluding hydrogens is 488 g/mol. The Kier molecular flexibility index (Phi) is 7.53. The van der Waals surface area contributed by atoms with Crippen molar-refractivity contribution >= 4 is 46.6 Å². The van der Waals surface area contributed by atoms with E-state index in [4.69, 9.17) is 25.8 Å². The molecule has 0 unspecified atom stereocenters. The van der Waals surface area contributed by atoms with Crippen LogP contribution in [0.3, 0.4) is 0 Å². The van der Waals surface area contributed by atoms with E-state index in [9.17, 15) is 9.59 Å². The van der Waals surface area contributed by atoms with Gasteiger partial charge in [0.15, 0.2) is 0 Å². The van der Waals surface area contributed by atoms with Crippen LogP contribution in [-0.4, -0.2) is 32.6 Å². The Morgan fingerprint density at radius 3 is 2.20 bits per heavy atom. The lowest BCUT2D eigenvalue weighted by molar-refractivity contribution is -0.120. The number of ether oxygens (including phenoxy) is 3. The second-order valence-electron chi connectivity index (χ2n) is 7.32. The Morgan fingerprint density at radius 1 is 0.886 bits per heavy atom. The fourth-order valence-corrected chi connectivity index (χ4v) is 4.52. The van der Waals surface area contributed by atoms with Gasteiger partial charge < -0.3 is 19.5 Å². The highest BCUT2D eigenvalue weighted by atomic mass is 35.5. The van der Waals surface area contributed by atoms with Crippen molar-refractivity contribution in [2.45, 2.75) is 11.8 Å². The van der Waals surface area contributed by atoms with Gasteiger partial charge >= 0.3 is 0 Å². The Bertz CT molecular complexity index is 1280. The minimum atomic E-state index is -0.478. The van der Waals surface area contributed by atoms with Crippen molar-refractivity contribution < 1.29 is 23.8 Å². The Balaban J connectivity index is 1.73. The lowest BCUT2D eigenvalue weighted by atomic mass is 10.2. The maximum Gasteiger partial charge on any atom is 0.283 e. The lowest BCUT2D eigenvalue weighted by Crippen LogP contribution is -2.32. The van der Waals surface area contributed by atoms with E-state index < -0.39 is 11.8 Å². The van der Waals surface area contributed by atoms with E-state index in [1.165, 1.54) is 18.9 Å². The van der Waals surface area contributed by atoms with Gasteiger partial charge in [-0.05, 0) is 67.6 Å². The summed E-state index contributed by atoms with van der Waals surface area (Å²) in [5.41, 5.74) is 1.11. The first-order chi connectivity index (χ1) is 16.9. The molecule has 0 radical (unpaired) electrons. The minimum absolute atomic E-state index is 0.146. The number of nitrogens with zero attached hydrogens (tertiary/aromatic N) is 1. The number of hydrogen-bond acceptors (Lipinski definition) is 7. The van der Waals surface area contributed by atoms with E-state index >= 15 is 0 Å². The second-order valence-corrected chi connectivity index (χ2v) is 8.84.